The lowest BCUT2D eigenvalue weighted by Gasteiger charge is -2.32. The van der Waals surface area contributed by atoms with E-state index in [9.17, 15) is 0 Å². The molecule has 1 aromatic rings. The van der Waals surface area contributed by atoms with Gasteiger partial charge in [-0.3, -0.25) is 0 Å². The molecule has 2 N–H and O–H groups in total. The van der Waals surface area contributed by atoms with E-state index in [0.29, 0.717) is 6.54 Å². The van der Waals surface area contributed by atoms with Gasteiger partial charge >= 0.3 is 0 Å². The van der Waals surface area contributed by atoms with Gasteiger partial charge in [0.15, 0.2) is 0 Å². The van der Waals surface area contributed by atoms with Gasteiger partial charge in [-0.05, 0) is 26.2 Å². The maximum atomic E-state index is 5.98. The Kier molecular flexibility index (Phi) is 3.81. The zero-order valence-corrected chi connectivity index (χ0v) is 12.7. The second-order valence-electron chi connectivity index (χ2n) is 6.28. The number of nitrogens with two attached hydrogens (primary N) is 1. The highest BCUT2D eigenvalue weighted by Gasteiger charge is 2.35. The first kappa shape index (κ1) is 14.0. The number of nitrogens with zero attached hydrogens (tertiary/aromatic N) is 1. The van der Waals surface area contributed by atoms with Gasteiger partial charge in [-0.25, -0.2) is 4.98 Å². The molecule has 0 aliphatic carbocycles. The molecule has 1 aromatic heterocycles. The van der Waals surface area contributed by atoms with Crippen LogP contribution in [0.4, 0.5) is 0 Å². The second-order valence-corrected chi connectivity index (χ2v) is 7.36. The van der Waals surface area contributed by atoms with E-state index < -0.39 is 0 Å². The molecule has 0 bridgehead atoms. The SMILES string of the molecule is CC(C)(C)c1nc(C2(C)CCCCO2)sc1CN. The highest BCUT2D eigenvalue weighted by Crippen LogP contribution is 2.40. The minimum absolute atomic E-state index is 0.0501. The normalized spacial score (nSPS) is 25.4. The molecular weight excluding hydrogens is 244 g/mol. The van der Waals surface area contributed by atoms with Crippen molar-refractivity contribution < 1.29 is 4.74 Å². The first-order chi connectivity index (χ1) is 8.37. The summed E-state index contributed by atoms with van der Waals surface area (Å²) in [6, 6.07) is 0. The van der Waals surface area contributed by atoms with Gasteiger partial charge < -0.3 is 10.5 Å². The highest BCUT2D eigenvalue weighted by molar-refractivity contribution is 7.11. The molecule has 0 radical (unpaired) electrons. The van der Waals surface area contributed by atoms with Crippen LogP contribution in [0.3, 0.4) is 0 Å². The summed E-state index contributed by atoms with van der Waals surface area (Å²) in [4.78, 5) is 6.06. The predicted molar refractivity (Wildman–Crippen MR) is 75.9 cm³/mol. The Hall–Kier alpha value is -0.450. The zero-order valence-electron chi connectivity index (χ0n) is 11.9. The molecule has 1 unspecified atom stereocenters. The molecule has 0 aromatic carbocycles. The summed E-state index contributed by atoms with van der Waals surface area (Å²) >= 11 is 1.73. The van der Waals surface area contributed by atoms with Gasteiger partial charge in [-0.15, -0.1) is 11.3 Å². The van der Waals surface area contributed by atoms with Crippen molar-refractivity contribution >= 4 is 11.3 Å². The molecule has 18 heavy (non-hydrogen) atoms. The van der Waals surface area contributed by atoms with Crippen LogP contribution in [0, 0.1) is 0 Å². The molecule has 1 fully saturated rings. The molecule has 2 heterocycles. The Labute approximate surface area is 114 Å². The van der Waals surface area contributed by atoms with E-state index in [1.165, 1.54) is 11.3 Å². The minimum atomic E-state index is -0.198. The molecule has 4 heteroatoms. The summed E-state index contributed by atoms with van der Waals surface area (Å²) in [5.41, 5.74) is 6.85. The van der Waals surface area contributed by atoms with Crippen molar-refractivity contribution in [1.29, 1.82) is 0 Å². The predicted octanol–water partition coefficient (Wildman–Crippen LogP) is 3.32. The maximum absolute atomic E-state index is 5.98. The molecule has 3 nitrogen and oxygen atoms in total. The van der Waals surface area contributed by atoms with E-state index in [2.05, 4.69) is 27.7 Å². The third kappa shape index (κ3) is 2.60. The minimum Gasteiger partial charge on any atom is -0.368 e. The van der Waals surface area contributed by atoms with Gasteiger partial charge in [0.1, 0.15) is 10.6 Å². The van der Waals surface area contributed by atoms with E-state index in [1.807, 2.05) is 0 Å². The molecule has 1 saturated heterocycles. The van der Waals surface area contributed by atoms with Crippen molar-refractivity contribution in [3.8, 4) is 0 Å². The van der Waals surface area contributed by atoms with Gasteiger partial charge in [-0.2, -0.15) is 0 Å². The Bertz CT molecular complexity index is 414. The first-order valence-corrected chi connectivity index (χ1v) is 7.53. The number of hydrogen-bond donors (Lipinski definition) is 1. The van der Waals surface area contributed by atoms with Crippen LogP contribution in [0.15, 0.2) is 0 Å². The van der Waals surface area contributed by atoms with Crippen LogP contribution >= 0.6 is 11.3 Å². The van der Waals surface area contributed by atoms with Gasteiger partial charge in [-0.1, -0.05) is 20.8 Å². The third-order valence-corrected chi connectivity index (χ3v) is 4.84. The summed E-state index contributed by atoms with van der Waals surface area (Å²) in [6.45, 7) is 10.1. The average Bonchev–Trinajstić information content (AvgIpc) is 2.74. The molecule has 2 rings (SSSR count). The largest absolute Gasteiger partial charge is 0.368 e. The lowest BCUT2D eigenvalue weighted by molar-refractivity contribution is -0.0703. The van der Waals surface area contributed by atoms with Crippen molar-refractivity contribution in [2.24, 2.45) is 5.73 Å². The van der Waals surface area contributed by atoms with E-state index >= 15 is 0 Å². The fourth-order valence-electron chi connectivity index (χ4n) is 2.40. The maximum Gasteiger partial charge on any atom is 0.125 e. The summed E-state index contributed by atoms with van der Waals surface area (Å²) < 4.78 is 5.98. The molecule has 1 aliphatic rings. The van der Waals surface area contributed by atoms with E-state index in [4.69, 9.17) is 15.5 Å². The van der Waals surface area contributed by atoms with Crippen LogP contribution in [-0.4, -0.2) is 11.6 Å². The smallest absolute Gasteiger partial charge is 0.125 e. The number of ether oxygens (including phenoxy) is 1. The molecule has 0 saturated carbocycles. The summed E-state index contributed by atoms with van der Waals surface area (Å²) in [5.74, 6) is 0. The van der Waals surface area contributed by atoms with Gasteiger partial charge in [0.05, 0.1) is 5.69 Å². The van der Waals surface area contributed by atoms with Crippen LogP contribution in [0.5, 0.6) is 0 Å². The van der Waals surface area contributed by atoms with Crippen LogP contribution in [0.25, 0.3) is 0 Å². The monoisotopic (exact) mass is 268 g/mol. The summed E-state index contributed by atoms with van der Waals surface area (Å²) in [7, 11) is 0. The van der Waals surface area contributed by atoms with Crippen LogP contribution < -0.4 is 5.73 Å². The summed E-state index contributed by atoms with van der Waals surface area (Å²) in [5, 5.41) is 1.10. The molecule has 102 valence electrons. The van der Waals surface area contributed by atoms with Gasteiger partial charge in [0.2, 0.25) is 0 Å². The topological polar surface area (TPSA) is 48.1 Å². The Balaban J connectivity index is 2.37. The van der Waals surface area contributed by atoms with E-state index in [-0.39, 0.29) is 11.0 Å². The standard InChI is InChI=1S/C14H24N2OS/c1-13(2,3)11-10(9-15)18-12(16-11)14(4)7-5-6-8-17-14/h5-9,15H2,1-4H3. The fraction of sp³-hybridized carbons (Fsp3) is 0.786. The third-order valence-electron chi connectivity index (χ3n) is 3.51. The average molecular weight is 268 g/mol. The number of rotatable bonds is 2. The highest BCUT2D eigenvalue weighted by atomic mass is 32.1. The van der Waals surface area contributed by atoms with Crippen molar-refractivity contribution in [1.82, 2.24) is 4.98 Å². The van der Waals surface area contributed by atoms with Crippen LogP contribution in [0.1, 0.15) is 62.5 Å². The second kappa shape index (κ2) is 4.91. The Morgan fingerprint density at radius 1 is 1.39 bits per heavy atom. The van der Waals surface area contributed by atoms with Gasteiger partial charge in [0, 0.05) is 23.4 Å². The van der Waals surface area contributed by atoms with Crippen molar-refractivity contribution in [3.63, 3.8) is 0 Å². The number of thiazole rings is 1. The molecule has 0 amide bonds. The number of aromatic nitrogens is 1. The fourth-order valence-corrected chi connectivity index (χ4v) is 3.68. The Morgan fingerprint density at radius 2 is 2.11 bits per heavy atom. The van der Waals surface area contributed by atoms with Crippen molar-refractivity contribution in [3.05, 3.63) is 15.6 Å². The lowest BCUT2D eigenvalue weighted by Crippen LogP contribution is -2.30. The Morgan fingerprint density at radius 3 is 2.56 bits per heavy atom. The van der Waals surface area contributed by atoms with Gasteiger partial charge in [0.25, 0.3) is 0 Å². The van der Waals surface area contributed by atoms with Crippen molar-refractivity contribution in [2.75, 3.05) is 6.61 Å². The molecule has 1 aliphatic heterocycles. The molecule has 1 atom stereocenters. The van der Waals surface area contributed by atoms with Crippen LogP contribution in [-0.2, 0) is 22.3 Å². The molecular formula is C14H24N2OS. The molecule has 0 spiro atoms. The summed E-state index contributed by atoms with van der Waals surface area (Å²) in [6.07, 6.45) is 3.45. The van der Waals surface area contributed by atoms with E-state index in [0.717, 1.165) is 30.2 Å². The lowest BCUT2D eigenvalue weighted by atomic mass is 9.91. The van der Waals surface area contributed by atoms with Crippen molar-refractivity contribution in [2.45, 2.75) is 64.5 Å². The first-order valence-electron chi connectivity index (χ1n) is 6.71. The zero-order chi connectivity index (χ0) is 13.4. The quantitative estimate of drug-likeness (QED) is 0.895. The van der Waals surface area contributed by atoms with E-state index in [1.54, 1.807) is 11.3 Å². The number of hydrogen-bond acceptors (Lipinski definition) is 4. The van der Waals surface area contributed by atoms with Crippen LogP contribution in [0.2, 0.25) is 0 Å².